The van der Waals surface area contributed by atoms with Crippen molar-refractivity contribution >= 4 is 11.6 Å². The Morgan fingerprint density at radius 2 is 2.00 bits per heavy atom. The summed E-state index contributed by atoms with van der Waals surface area (Å²) in [4.78, 5) is 14.0. The molecule has 1 aromatic carbocycles. The van der Waals surface area contributed by atoms with Gasteiger partial charge in [-0.3, -0.25) is 4.79 Å². The van der Waals surface area contributed by atoms with Crippen LogP contribution in [0.1, 0.15) is 21.7 Å². The first-order valence-electron chi connectivity index (χ1n) is 6.41. The van der Waals surface area contributed by atoms with Gasteiger partial charge in [-0.15, -0.1) is 0 Å². The van der Waals surface area contributed by atoms with Crippen LogP contribution in [0.5, 0.6) is 0 Å². The van der Waals surface area contributed by atoms with Crippen molar-refractivity contribution in [2.45, 2.75) is 13.5 Å². The van der Waals surface area contributed by atoms with Crippen LogP contribution in [0, 0.1) is 6.92 Å². The standard InChI is InChI=1S/C15H18N4O/c1-11-7-8-13(18-17-11)10-16-15(20)12-5-4-6-14(9-12)19(2)3/h4-9H,10H2,1-3H3,(H,16,20). The molecule has 0 spiro atoms. The maximum atomic E-state index is 12.1. The number of nitrogens with zero attached hydrogens (tertiary/aromatic N) is 3. The molecular formula is C15H18N4O. The molecule has 0 bridgehead atoms. The molecule has 0 saturated heterocycles. The summed E-state index contributed by atoms with van der Waals surface area (Å²) in [5.74, 6) is -0.115. The van der Waals surface area contributed by atoms with Crippen molar-refractivity contribution < 1.29 is 4.79 Å². The first-order valence-corrected chi connectivity index (χ1v) is 6.41. The van der Waals surface area contributed by atoms with Crippen LogP contribution >= 0.6 is 0 Å². The number of hydrogen-bond acceptors (Lipinski definition) is 4. The number of nitrogens with one attached hydrogen (secondary N) is 1. The number of aromatic nitrogens is 2. The zero-order chi connectivity index (χ0) is 14.5. The Bertz CT molecular complexity index is 593. The van der Waals surface area contributed by atoms with Gasteiger partial charge >= 0.3 is 0 Å². The number of anilines is 1. The number of hydrogen-bond donors (Lipinski definition) is 1. The van der Waals surface area contributed by atoms with Gasteiger partial charge in [-0.05, 0) is 37.3 Å². The van der Waals surface area contributed by atoms with Crippen LogP contribution in [0.25, 0.3) is 0 Å². The summed E-state index contributed by atoms with van der Waals surface area (Å²) < 4.78 is 0. The van der Waals surface area contributed by atoms with Crippen LogP contribution in [0.15, 0.2) is 36.4 Å². The van der Waals surface area contributed by atoms with E-state index in [1.54, 1.807) is 6.07 Å². The Kier molecular flexibility index (Phi) is 4.30. The third kappa shape index (κ3) is 3.54. The summed E-state index contributed by atoms with van der Waals surface area (Å²) in [6, 6.07) is 11.2. The average molecular weight is 270 g/mol. The molecule has 1 heterocycles. The highest BCUT2D eigenvalue weighted by molar-refractivity contribution is 5.95. The lowest BCUT2D eigenvalue weighted by Crippen LogP contribution is -2.23. The van der Waals surface area contributed by atoms with Gasteiger partial charge in [0.05, 0.1) is 17.9 Å². The van der Waals surface area contributed by atoms with Gasteiger partial charge in [0.2, 0.25) is 0 Å². The van der Waals surface area contributed by atoms with Gasteiger partial charge in [-0.1, -0.05) is 6.07 Å². The second-order valence-electron chi connectivity index (χ2n) is 4.79. The van der Waals surface area contributed by atoms with E-state index in [-0.39, 0.29) is 5.91 Å². The molecule has 0 radical (unpaired) electrons. The zero-order valence-corrected chi connectivity index (χ0v) is 11.9. The van der Waals surface area contributed by atoms with E-state index in [2.05, 4.69) is 15.5 Å². The highest BCUT2D eigenvalue weighted by Gasteiger charge is 2.07. The number of amides is 1. The predicted octanol–water partition coefficient (Wildman–Crippen LogP) is 1.78. The minimum atomic E-state index is -0.115. The lowest BCUT2D eigenvalue weighted by Gasteiger charge is -2.13. The SMILES string of the molecule is Cc1ccc(CNC(=O)c2cccc(N(C)C)c2)nn1. The molecule has 0 atom stereocenters. The molecule has 0 aliphatic rings. The summed E-state index contributed by atoms with van der Waals surface area (Å²) in [7, 11) is 3.89. The topological polar surface area (TPSA) is 58.1 Å². The van der Waals surface area contributed by atoms with Gasteiger partial charge in [0.25, 0.3) is 5.91 Å². The summed E-state index contributed by atoms with van der Waals surface area (Å²) in [6.45, 7) is 2.25. The Morgan fingerprint density at radius 3 is 2.65 bits per heavy atom. The normalized spacial score (nSPS) is 10.2. The fourth-order valence-electron chi connectivity index (χ4n) is 1.72. The van der Waals surface area contributed by atoms with E-state index in [0.29, 0.717) is 12.1 Å². The zero-order valence-electron chi connectivity index (χ0n) is 11.9. The summed E-state index contributed by atoms with van der Waals surface area (Å²) in [6.07, 6.45) is 0. The van der Waals surface area contributed by atoms with Crippen molar-refractivity contribution in [1.82, 2.24) is 15.5 Å². The minimum Gasteiger partial charge on any atom is -0.378 e. The quantitative estimate of drug-likeness (QED) is 0.920. The summed E-state index contributed by atoms with van der Waals surface area (Å²) in [5, 5.41) is 10.8. The third-order valence-electron chi connectivity index (χ3n) is 2.91. The maximum absolute atomic E-state index is 12.1. The van der Waals surface area contributed by atoms with Crippen LogP contribution in [-0.4, -0.2) is 30.2 Å². The molecular weight excluding hydrogens is 252 g/mol. The molecule has 1 amide bonds. The van der Waals surface area contributed by atoms with Crippen LogP contribution in [-0.2, 0) is 6.54 Å². The molecule has 0 saturated carbocycles. The van der Waals surface area contributed by atoms with E-state index in [9.17, 15) is 4.79 Å². The van der Waals surface area contributed by atoms with Gasteiger partial charge < -0.3 is 10.2 Å². The molecule has 0 aliphatic heterocycles. The predicted molar refractivity (Wildman–Crippen MR) is 78.7 cm³/mol. The van der Waals surface area contributed by atoms with Gasteiger partial charge in [-0.2, -0.15) is 10.2 Å². The maximum Gasteiger partial charge on any atom is 0.251 e. The number of rotatable bonds is 4. The molecule has 2 aromatic rings. The van der Waals surface area contributed by atoms with Crippen LogP contribution in [0.4, 0.5) is 5.69 Å². The molecule has 0 aliphatic carbocycles. The first kappa shape index (κ1) is 14.0. The van der Waals surface area contributed by atoms with E-state index < -0.39 is 0 Å². The van der Waals surface area contributed by atoms with Gasteiger partial charge in [0, 0.05) is 25.3 Å². The van der Waals surface area contributed by atoms with Crippen molar-refractivity contribution in [3.8, 4) is 0 Å². The van der Waals surface area contributed by atoms with E-state index in [1.807, 2.05) is 56.3 Å². The van der Waals surface area contributed by atoms with Gasteiger partial charge in [0.1, 0.15) is 0 Å². The largest absolute Gasteiger partial charge is 0.378 e. The van der Waals surface area contributed by atoms with Crippen molar-refractivity contribution in [2.75, 3.05) is 19.0 Å². The second-order valence-corrected chi connectivity index (χ2v) is 4.79. The summed E-state index contributed by atoms with van der Waals surface area (Å²) in [5.41, 5.74) is 3.23. The number of carbonyl (C=O) groups is 1. The fourth-order valence-corrected chi connectivity index (χ4v) is 1.72. The number of carbonyl (C=O) groups excluding carboxylic acids is 1. The van der Waals surface area contributed by atoms with Crippen LogP contribution < -0.4 is 10.2 Å². The van der Waals surface area contributed by atoms with Crippen LogP contribution in [0.3, 0.4) is 0 Å². The Hall–Kier alpha value is -2.43. The van der Waals surface area contributed by atoms with Crippen molar-refractivity contribution in [3.05, 3.63) is 53.3 Å². The Labute approximate surface area is 118 Å². The number of benzene rings is 1. The molecule has 5 nitrogen and oxygen atoms in total. The monoisotopic (exact) mass is 270 g/mol. The lowest BCUT2D eigenvalue weighted by atomic mass is 10.2. The van der Waals surface area contributed by atoms with Crippen molar-refractivity contribution in [3.63, 3.8) is 0 Å². The second kappa shape index (κ2) is 6.14. The molecule has 5 heteroatoms. The van der Waals surface area contributed by atoms with E-state index in [1.165, 1.54) is 0 Å². The fraction of sp³-hybridized carbons (Fsp3) is 0.267. The van der Waals surface area contributed by atoms with Gasteiger partial charge in [-0.25, -0.2) is 0 Å². The van der Waals surface area contributed by atoms with E-state index >= 15 is 0 Å². The number of aryl methyl sites for hydroxylation is 1. The third-order valence-corrected chi connectivity index (χ3v) is 2.91. The highest BCUT2D eigenvalue weighted by atomic mass is 16.1. The highest BCUT2D eigenvalue weighted by Crippen LogP contribution is 2.13. The molecule has 1 N–H and O–H groups in total. The summed E-state index contributed by atoms with van der Waals surface area (Å²) >= 11 is 0. The first-order chi connectivity index (χ1) is 9.56. The smallest absolute Gasteiger partial charge is 0.251 e. The molecule has 0 fully saturated rings. The lowest BCUT2D eigenvalue weighted by molar-refractivity contribution is 0.0950. The molecule has 1 aromatic heterocycles. The van der Waals surface area contributed by atoms with E-state index in [4.69, 9.17) is 0 Å². The van der Waals surface area contributed by atoms with E-state index in [0.717, 1.165) is 17.1 Å². The van der Waals surface area contributed by atoms with Crippen LogP contribution in [0.2, 0.25) is 0 Å². The average Bonchev–Trinajstić information content (AvgIpc) is 2.46. The Morgan fingerprint density at radius 1 is 1.20 bits per heavy atom. The molecule has 20 heavy (non-hydrogen) atoms. The van der Waals surface area contributed by atoms with Crippen molar-refractivity contribution in [2.24, 2.45) is 0 Å². The van der Waals surface area contributed by atoms with Gasteiger partial charge in [0.15, 0.2) is 0 Å². The van der Waals surface area contributed by atoms with Crippen molar-refractivity contribution in [1.29, 1.82) is 0 Å². The Balaban J connectivity index is 2.01. The molecule has 0 unspecified atom stereocenters. The molecule has 104 valence electrons. The minimum absolute atomic E-state index is 0.115. The molecule has 2 rings (SSSR count).